The molecule has 1 aromatic carbocycles. The molecule has 1 aliphatic heterocycles. The lowest BCUT2D eigenvalue weighted by Crippen LogP contribution is -2.38. The minimum absolute atomic E-state index is 0.0218. The molecule has 26 heavy (non-hydrogen) atoms. The third-order valence-corrected chi connectivity index (χ3v) is 6.17. The van der Waals surface area contributed by atoms with Crippen molar-refractivity contribution < 1.29 is 14.4 Å². The third kappa shape index (κ3) is 2.55. The van der Waals surface area contributed by atoms with Crippen LogP contribution in [0.2, 0.25) is 0 Å². The number of aliphatic hydroxyl groups excluding tert-OH is 1. The summed E-state index contributed by atoms with van der Waals surface area (Å²) < 4.78 is 5.49. The molecule has 1 amide bonds. The Hall–Kier alpha value is -2.21. The van der Waals surface area contributed by atoms with Crippen LogP contribution in [0.5, 0.6) is 0 Å². The molecule has 2 atom stereocenters. The molecule has 0 spiro atoms. The molecule has 136 valence electrons. The first-order chi connectivity index (χ1) is 12.7. The predicted octanol–water partition coefficient (Wildman–Crippen LogP) is 2.21. The summed E-state index contributed by atoms with van der Waals surface area (Å²) in [7, 11) is 0. The first-order valence-electron chi connectivity index (χ1n) is 9.50. The summed E-state index contributed by atoms with van der Waals surface area (Å²) in [5.74, 6) is 1.85. The number of nitrogens with zero attached hydrogens (tertiary/aromatic N) is 3. The minimum Gasteiger partial charge on any atom is -0.396 e. The number of carbonyl (C=O) groups is 1. The van der Waals surface area contributed by atoms with Gasteiger partial charge in [0.1, 0.15) is 0 Å². The number of rotatable bonds is 5. The monoisotopic (exact) mass is 353 g/mol. The molecule has 2 aliphatic carbocycles. The van der Waals surface area contributed by atoms with Gasteiger partial charge >= 0.3 is 0 Å². The second kappa shape index (κ2) is 5.91. The maximum atomic E-state index is 13.3. The minimum atomic E-state index is -0.371. The van der Waals surface area contributed by atoms with Crippen LogP contribution in [-0.4, -0.2) is 45.8 Å². The Labute approximate surface area is 152 Å². The topological polar surface area (TPSA) is 79.5 Å². The van der Waals surface area contributed by atoms with Crippen molar-refractivity contribution in [2.24, 2.45) is 5.92 Å². The Morgan fingerprint density at radius 3 is 2.65 bits per heavy atom. The van der Waals surface area contributed by atoms with Crippen molar-refractivity contribution in [2.75, 3.05) is 19.7 Å². The van der Waals surface area contributed by atoms with Crippen molar-refractivity contribution in [1.29, 1.82) is 0 Å². The lowest BCUT2D eigenvalue weighted by atomic mass is 9.94. The highest BCUT2D eigenvalue weighted by molar-refractivity contribution is 5.91. The van der Waals surface area contributed by atoms with Gasteiger partial charge in [-0.15, -0.1) is 0 Å². The number of aromatic nitrogens is 2. The number of hydrogen-bond acceptors (Lipinski definition) is 5. The van der Waals surface area contributed by atoms with Crippen LogP contribution in [0, 0.1) is 5.92 Å². The van der Waals surface area contributed by atoms with E-state index >= 15 is 0 Å². The van der Waals surface area contributed by atoms with Crippen LogP contribution in [0.1, 0.15) is 54.8 Å². The van der Waals surface area contributed by atoms with Crippen molar-refractivity contribution in [3.63, 3.8) is 0 Å². The average Bonchev–Trinajstić information content (AvgIpc) is 3.60. The molecule has 2 unspecified atom stereocenters. The highest BCUT2D eigenvalue weighted by atomic mass is 16.5. The Morgan fingerprint density at radius 2 is 2.00 bits per heavy atom. The van der Waals surface area contributed by atoms with Gasteiger partial charge in [0.25, 0.3) is 0 Å². The zero-order valence-corrected chi connectivity index (χ0v) is 14.7. The zero-order chi connectivity index (χ0) is 17.7. The van der Waals surface area contributed by atoms with Gasteiger partial charge in [-0.1, -0.05) is 35.5 Å². The number of amides is 1. The van der Waals surface area contributed by atoms with Crippen LogP contribution in [-0.2, 0) is 10.2 Å². The fourth-order valence-electron chi connectivity index (χ4n) is 4.22. The molecule has 3 aliphatic rings. The first-order valence-corrected chi connectivity index (χ1v) is 9.50. The lowest BCUT2D eigenvalue weighted by Gasteiger charge is -2.23. The Kier molecular flexibility index (Phi) is 3.64. The average molecular weight is 353 g/mol. The molecule has 2 aromatic rings. The van der Waals surface area contributed by atoms with E-state index in [4.69, 9.17) is 4.52 Å². The largest absolute Gasteiger partial charge is 0.396 e. The SMILES string of the molecule is O=C(N1CC(CO)C(c2nc(C3CC3)no2)C1)C1(c2ccccc2)CC1. The molecule has 1 N–H and O–H groups in total. The highest BCUT2D eigenvalue weighted by Crippen LogP contribution is 2.50. The van der Waals surface area contributed by atoms with Crippen LogP contribution in [0.3, 0.4) is 0 Å². The summed E-state index contributed by atoms with van der Waals surface area (Å²) in [6, 6.07) is 10.0. The van der Waals surface area contributed by atoms with Gasteiger partial charge in [0, 0.05) is 31.5 Å². The summed E-state index contributed by atoms with van der Waals surface area (Å²) in [4.78, 5) is 19.7. The van der Waals surface area contributed by atoms with Gasteiger partial charge in [-0.2, -0.15) is 4.98 Å². The summed E-state index contributed by atoms with van der Waals surface area (Å²) in [5.41, 5.74) is 0.729. The molecular formula is C20H23N3O3. The lowest BCUT2D eigenvalue weighted by molar-refractivity contribution is -0.133. The molecule has 5 rings (SSSR count). The van der Waals surface area contributed by atoms with Gasteiger partial charge in [0.15, 0.2) is 5.82 Å². The smallest absolute Gasteiger partial charge is 0.233 e. The van der Waals surface area contributed by atoms with Gasteiger partial charge in [0.05, 0.1) is 11.3 Å². The highest BCUT2D eigenvalue weighted by Gasteiger charge is 2.55. The number of hydrogen-bond donors (Lipinski definition) is 1. The van der Waals surface area contributed by atoms with Crippen LogP contribution in [0.25, 0.3) is 0 Å². The van der Waals surface area contributed by atoms with Gasteiger partial charge in [-0.3, -0.25) is 4.79 Å². The molecule has 6 heteroatoms. The molecular weight excluding hydrogens is 330 g/mol. The van der Waals surface area contributed by atoms with Crippen molar-refractivity contribution >= 4 is 5.91 Å². The molecule has 1 aromatic heterocycles. The van der Waals surface area contributed by atoms with Crippen LogP contribution >= 0.6 is 0 Å². The number of benzene rings is 1. The molecule has 2 saturated carbocycles. The van der Waals surface area contributed by atoms with Gasteiger partial charge in [0.2, 0.25) is 11.8 Å². The van der Waals surface area contributed by atoms with Crippen molar-refractivity contribution in [3.05, 3.63) is 47.6 Å². The maximum Gasteiger partial charge on any atom is 0.233 e. The fourth-order valence-corrected chi connectivity index (χ4v) is 4.22. The first kappa shape index (κ1) is 16.0. The summed E-state index contributed by atoms with van der Waals surface area (Å²) >= 11 is 0. The number of aliphatic hydroxyl groups is 1. The van der Waals surface area contributed by atoms with Gasteiger partial charge in [-0.25, -0.2) is 0 Å². The second-order valence-corrected chi connectivity index (χ2v) is 7.97. The summed E-state index contributed by atoms with van der Waals surface area (Å²) in [5, 5.41) is 13.9. The summed E-state index contributed by atoms with van der Waals surface area (Å²) in [6.45, 7) is 1.12. The molecule has 0 radical (unpaired) electrons. The van der Waals surface area contributed by atoms with Gasteiger partial charge in [-0.05, 0) is 31.2 Å². The third-order valence-electron chi connectivity index (χ3n) is 6.17. The fraction of sp³-hybridized carbons (Fsp3) is 0.550. The Morgan fingerprint density at radius 1 is 1.23 bits per heavy atom. The van der Waals surface area contributed by atoms with E-state index in [1.807, 2.05) is 35.2 Å². The Balaban J connectivity index is 1.36. The molecule has 1 saturated heterocycles. The normalized spacial score (nSPS) is 26.9. The zero-order valence-electron chi connectivity index (χ0n) is 14.7. The summed E-state index contributed by atoms with van der Waals surface area (Å²) in [6.07, 6.45) is 4.04. The van der Waals surface area contributed by atoms with E-state index in [2.05, 4.69) is 10.1 Å². The van der Waals surface area contributed by atoms with Crippen molar-refractivity contribution in [2.45, 2.75) is 42.9 Å². The Bertz CT molecular complexity index is 811. The van der Waals surface area contributed by atoms with E-state index in [0.717, 1.165) is 37.1 Å². The van der Waals surface area contributed by atoms with E-state index in [1.54, 1.807) is 0 Å². The predicted molar refractivity (Wildman–Crippen MR) is 93.5 cm³/mol. The van der Waals surface area contributed by atoms with E-state index < -0.39 is 0 Å². The molecule has 2 heterocycles. The van der Waals surface area contributed by atoms with E-state index in [1.165, 1.54) is 0 Å². The van der Waals surface area contributed by atoms with Gasteiger partial charge < -0.3 is 14.5 Å². The molecule has 6 nitrogen and oxygen atoms in total. The van der Waals surface area contributed by atoms with E-state index in [-0.39, 0.29) is 29.8 Å². The maximum absolute atomic E-state index is 13.3. The number of carbonyl (C=O) groups excluding carboxylic acids is 1. The second-order valence-electron chi connectivity index (χ2n) is 7.97. The van der Waals surface area contributed by atoms with Crippen molar-refractivity contribution in [1.82, 2.24) is 15.0 Å². The van der Waals surface area contributed by atoms with Crippen LogP contribution in [0.4, 0.5) is 0 Å². The molecule has 3 fully saturated rings. The molecule has 0 bridgehead atoms. The quantitative estimate of drug-likeness (QED) is 0.891. The van der Waals surface area contributed by atoms with E-state index in [9.17, 15) is 9.90 Å². The van der Waals surface area contributed by atoms with Crippen LogP contribution in [0.15, 0.2) is 34.9 Å². The van der Waals surface area contributed by atoms with E-state index in [0.29, 0.717) is 24.9 Å². The van der Waals surface area contributed by atoms with Crippen LogP contribution < -0.4 is 0 Å². The number of likely N-dealkylation sites (tertiary alicyclic amines) is 1. The van der Waals surface area contributed by atoms with Crippen molar-refractivity contribution in [3.8, 4) is 0 Å². The standard InChI is InChI=1S/C20H23N3O3/c24-12-14-10-23(11-16(14)18-21-17(22-26-18)13-6-7-13)19(25)20(8-9-20)15-4-2-1-3-5-15/h1-5,13-14,16,24H,6-12H2.